The van der Waals surface area contributed by atoms with Crippen molar-refractivity contribution in [3.05, 3.63) is 29.6 Å². The number of aromatic nitrogens is 1. The number of pyridine rings is 1. The van der Waals surface area contributed by atoms with Crippen LogP contribution in [-0.4, -0.2) is 23.5 Å². The molecular formula is C17H25NO2. The summed E-state index contributed by atoms with van der Waals surface area (Å²) in [5.74, 6) is 0.886. The summed E-state index contributed by atoms with van der Waals surface area (Å²) in [7, 11) is 1.67. The molecule has 1 aromatic rings. The van der Waals surface area contributed by atoms with Crippen molar-refractivity contribution in [1.29, 1.82) is 0 Å². The van der Waals surface area contributed by atoms with E-state index in [1.807, 2.05) is 12.3 Å². The standard InChI is InChI=1S/C17H25NO2/c1-4-14-5-6-15(18-12-14)11-16(19)17(20-3)9-7-13(2)8-10-17/h5-6,12-13H,4,7-11H2,1-3H3. The molecule has 0 aliphatic heterocycles. The molecule has 2 rings (SSSR count). The topological polar surface area (TPSA) is 39.2 Å². The van der Waals surface area contributed by atoms with Gasteiger partial charge < -0.3 is 4.74 Å². The molecule has 0 bridgehead atoms. The Hall–Kier alpha value is -1.22. The SMILES string of the molecule is CCc1ccc(CC(=O)C2(OC)CCC(C)CC2)nc1. The lowest BCUT2D eigenvalue weighted by atomic mass is 9.76. The third-order valence-electron chi connectivity index (χ3n) is 4.62. The molecule has 1 aromatic heterocycles. The summed E-state index contributed by atoms with van der Waals surface area (Å²) in [6.07, 6.45) is 7.05. The Morgan fingerprint density at radius 2 is 2.10 bits per heavy atom. The van der Waals surface area contributed by atoms with E-state index in [1.165, 1.54) is 5.56 Å². The largest absolute Gasteiger partial charge is 0.370 e. The molecular weight excluding hydrogens is 250 g/mol. The van der Waals surface area contributed by atoms with Crippen LogP contribution in [0.2, 0.25) is 0 Å². The van der Waals surface area contributed by atoms with Gasteiger partial charge in [-0.25, -0.2) is 0 Å². The van der Waals surface area contributed by atoms with Gasteiger partial charge in [-0.2, -0.15) is 0 Å². The van der Waals surface area contributed by atoms with Crippen molar-refractivity contribution in [2.24, 2.45) is 5.92 Å². The van der Waals surface area contributed by atoms with Crippen molar-refractivity contribution in [3.8, 4) is 0 Å². The summed E-state index contributed by atoms with van der Waals surface area (Å²) >= 11 is 0. The van der Waals surface area contributed by atoms with Crippen LogP contribution in [0.15, 0.2) is 18.3 Å². The second-order valence-electron chi connectivity index (χ2n) is 5.99. The van der Waals surface area contributed by atoms with Crippen LogP contribution in [0, 0.1) is 5.92 Å². The first-order valence-electron chi connectivity index (χ1n) is 7.62. The number of Topliss-reactive ketones (excluding diaryl/α,β-unsaturated/α-hetero) is 1. The second kappa shape index (κ2) is 6.49. The predicted octanol–water partition coefficient (Wildman–Crippen LogP) is 3.35. The van der Waals surface area contributed by atoms with Gasteiger partial charge in [-0.05, 0) is 49.7 Å². The maximum atomic E-state index is 12.6. The fourth-order valence-corrected chi connectivity index (χ4v) is 2.92. The Bertz CT molecular complexity index is 445. The molecule has 0 atom stereocenters. The van der Waals surface area contributed by atoms with E-state index >= 15 is 0 Å². The van der Waals surface area contributed by atoms with E-state index in [4.69, 9.17) is 4.74 Å². The number of aryl methyl sites for hydroxylation is 1. The molecule has 0 spiro atoms. The second-order valence-corrected chi connectivity index (χ2v) is 5.99. The molecule has 1 aliphatic rings. The van der Waals surface area contributed by atoms with Crippen molar-refractivity contribution in [2.45, 2.75) is 58.0 Å². The van der Waals surface area contributed by atoms with E-state index in [9.17, 15) is 4.79 Å². The molecule has 0 unspecified atom stereocenters. The van der Waals surface area contributed by atoms with Crippen LogP contribution in [0.5, 0.6) is 0 Å². The zero-order valence-corrected chi connectivity index (χ0v) is 12.8. The van der Waals surface area contributed by atoms with Crippen LogP contribution in [0.4, 0.5) is 0 Å². The zero-order valence-electron chi connectivity index (χ0n) is 12.8. The minimum atomic E-state index is -0.572. The van der Waals surface area contributed by atoms with E-state index in [0.717, 1.165) is 37.8 Å². The Labute approximate surface area is 121 Å². The lowest BCUT2D eigenvalue weighted by molar-refractivity contribution is -0.145. The highest BCUT2D eigenvalue weighted by molar-refractivity contribution is 5.89. The maximum Gasteiger partial charge on any atom is 0.170 e. The molecule has 1 saturated carbocycles. The first kappa shape index (κ1) is 15.2. The van der Waals surface area contributed by atoms with Crippen LogP contribution in [-0.2, 0) is 22.4 Å². The van der Waals surface area contributed by atoms with Gasteiger partial charge in [0, 0.05) is 19.0 Å². The van der Waals surface area contributed by atoms with Crippen LogP contribution >= 0.6 is 0 Å². The Balaban J connectivity index is 2.05. The Morgan fingerprint density at radius 3 is 2.60 bits per heavy atom. The first-order chi connectivity index (χ1) is 9.59. The summed E-state index contributed by atoms with van der Waals surface area (Å²) in [4.78, 5) is 17.0. The molecule has 1 fully saturated rings. The number of hydrogen-bond acceptors (Lipinski definition) is 3. The van der Waals surface area contributed by atoms with Crippen molar-refractivity contribution < 1.29 is 9.53 Å². The molecule has 3 heteroatoms. The molecule has 0 saturated heterocycles. The lowest BCUT2D eigenvalue weighted by Gasteiger charge is -2.36. The van der Waals surface area contributed by atoms with Gasteiger partial charge in [0.15, 0.2) is 5.78 Å². The third-order valence-corrected chi connectivity index (χ3v) is 4.62. The summed E-state index contributed by atoms with van der Waals surface area (Å²) in [6, 6.07) is 4.02. The molecule has 0 aromatic carbocycles. The highest BCUT2D eigenvalue weighted by atomic mass is 16.5. The van der Waals surface area contributed by atoms with Gasteiger partial charge in [-0.1, -0.05) is 19.9 Å². The van der Waals surface area contributed by atoms with Crippen molar-refractivity contribution in [1.82, 2.24) is 4.98 Å². The van der Waals surface area contributed by atoms with E-state index in [2.05, 4.69) is 24.9 Å². The maximum absolute atomic E-state index is 12.6. The number of carbonyl (C=O) groups is 1. The minimum absolute atomic E-state index is 0.184. The Kier molecular flexibility index (Phi) is 4.92. The average Bonchev–Trinajstić information content (AvgIpc) is 2.49. The summed E-state index contributed by atoms with van der Waals surface area (Å²) in [5.41, 5.74) is 1.48. The quantitative estimate of drug-likeness (QED) is 0.827. The fraction of sp³-hybridized carbons (Fsp3) is 0.647. The molecule has 0 N–H and O–H groups in total. The first-order valence-corrected chi connectivity index (χ1v) is 7.62. The summed E-state index contributed by atoms with van der Waals surface area (Å²) in [5, 5.41) is 0. The van der Waals surface area contributed by atoms with E-state index in [0.29, 0.717) is 12.3 Å². The van der Waals surface area contributed by atoms with Crippen LogP contribution in [0.1, 0.15) is 50.8 Å². The third kappa shape index (κ3) is 3.26. The molecule has 0 amide bonds. The van der Waals surface area contributed by atoms with Gasteiger partial charge in [0.25, 0.3) is 0 Å². The van der Waals surface area contributed by atoms with Gasteiger partial charge in [-0.15, -0.1) is 0 Å². The number of methoxy groups -OCH3 is 1. The summed E-state index contributed by atoms with van der Waals surface area (Å²) in [6.45, 7) is 4.35. The molecule has 1 aliphatic carbocycles. The van der Waals surface area contributed by atoms with Crippen LogP contribution in [0.25, 0.3) is 0 Å². The van der Waals surface area contributed by atoms with Gasteiger partial charge in [0.1, 0.15) is 5.60 Å². The number of nitrogens with zero attached hydrogens (tertiary/aromatic N) is 1. The fourth-order valence-electron chi connectivity index (χ4n) is 2.92. The monoisotopic (exact) mass is 275 g/mol. The number of hydrogen-bond donors (Lipinski definition) is 0. The van der Waals surface area contributed by atoms with E-state index in [-0.39, 0.29) is 5.78 Å². The molecule has 1 heterocycles. The van der Waals surface area contributed by atoms with Crippen LogP contribution < -0.4 is 0 Å². The van der Waals surface area contributed by atoms with Crippen molar-refractivity contribution >= 4 is 5.78 Å². The number of carbonyl (C=O) groups excluding carboxylic acids is 1. The Morgan fingerprint density at radius 1 is 1.40 bits per heavy atom. The van der Waals surface area contributed by atoms with E-state index in [1.54, 1.807) is 7.11 Å². The minimum Gasteiger partial charge on any atom is -0.370 e. The van der Waals surface area contributed by atoms with Crippen molar-refractivity contribution in [3.63, 3.8) is 0 Å². The van der Waals surface area contributed by atoms with E-state index < -0.39 is 5.60 Å². The van der Waals surface area contributed by atoms with Gasteiger partial charge in [0.05, 0.1) is 6.42 Å². The molecule has 0 radical (unpaired) electrons. The zero-order chi connectivity index (χ0) is 14.6. The molecule has 3 nitrogen and oxygen atoms in total. The highest BCUT2D eigenvalue weighted by Crippen LogP contribution is 2.35. The number of ether oxygens (including phenoxy) is 1. The molecule has 20 heavy (non-hydrogen) atoms. The highest BCUT2D eigenvalue weighted by Gasteiger charge is 2.40. The average molecular weight is 275 g/mol. The van der Waals surface area contributed by atoms with Gasteiger partial charge in [0.2, 0.25) is 0 Å². The van der Waals surface area contributed by atoms with Crippen LogP contribution in [0.3, 0.4) is 0 Å². The lowest BCUT2D eigenvalue weighted by Crippen LogP contribution is -2.44. The summed E-state index contributed by atoms with van der Waals surface area (Å²) < 4.78 is 5.63. The number of rotatable bonds is 5. The smallest absolute Gasteiger partial charge is 0.170 e. The van der Waals surface area contributed by atoms with Crippen molar-refractivity contribution in [2.75, 3.05) is 7.11 Å². The normalized spacial score (nSPS) is 26.4. The predicted molar refractivity (Wildman–Crippen MR) is 79.7 cm³/mol. The van der Waals surface area contributed by atoms with Gasteiger partial charge in [-0.3, -0.25) is 9.78 Å². The molecule has 110 valence electrons. The number of ketones is 1. The van der Waals surface area contributed by atoms with Gasteiger partial charge >= 0.3 is 0 Å².